The second-order valence-electron chi connectivity index (χ2n) is 4.46. The third kappa shape index (κ3) is 3.20. The van der Waals surface area contributed by atoms with Crippen molar-refractivity contribution in [2.45, 2.75) is 25.8 Å². The Labute approximate surface area is 118 Å². The van der Waals surface area contributed by atoms with Crippen molar-refractivity contribution in [3.05, 3.63) is 33.8 Å². The SMILES string of the molecule is Cc1ccc(C(=O)NC2CCC(=O)NC2=O)c(Br)c1. The normalized spacial score (nSPS) is 18.9. The predicted molar refractivity (Wildman–Crippen MR) is 72.5 cm³/mol. The predicted octanol–water partition coefficient (Wildman–Crippen LogP) is 1.29. The number of piperidine rings is 1. The van der Waals surface area contributed by atoms with Crippen LogP contribution in [0.5, 0.6) is 0 Å². The Morgan fingerprint density at radius 2 is 2.16 bits per heavy atom. The van der Waals surface area contributed by atoms with Crippen molar-refractivity contribution < 1.29 is 14.4 Å². The molecule has 1 fully saturated rings. The van der Waals surface area contributed by atoms with Gasteiger partial charge < -0.3 is 5.32 Å². The molecule has 0 aromatic heterocycles. The molecule has 5 nitrogen and oxygen atoms in total. The summed E-state index contributed by atoms with van der Waals surface area (Å²) in [6.45, 7) is 1.92. The molecule has 3 amide bonds. The Kier molecular flexibility index (Phi) is 3.99. The molecular formula is C13H13BrN2O3. The van der Waals surface area contributed by atoms with Gasteiger partial charge in [-0.3, -0.25) is 19.7 Å². The fourth-order valence-corrected chi connectivity index (χ4v) is 2.54. The van der Waals surface area contributed by atoms with E-state index in [1.54, 1.807) is 6.07 Å². The number of benzene rings is 1. The summed E-state index contributed by atoms with van der Waals surface area (Å²) in [5.41, 5.74) is 1.50. The molecule has 0 bridgehead atoms. The maximum atomic E-state index is 12.1. The van der Waals surface area contributed by atoms with Gasteiger partial charge in [0.25, 0.3) is 5.91 Å². The monoisotopic (exact) mass is 324 g/mol. The van der Waals surface area contributed by atoms with Crippen LogP contribution in [0, 0.1) is 6.92 Å². The van der Waals surface area contributed by atoms with E-state index in [1.165, 1.54) is 0 Å². The number of nitrogens with one attached hydrogen (secondary N) is 2. The Hall–Kier alpha value is -1.69. The van der Waals surface area contributed by atoms with Gasteiger partial charge in [-0.15, -0.1) is 0 Å². The Balaban J connectivity index is 2.09. The topological polar surface area (TPSA) is 75.3 Å². The molecule has 1 aliphatic heterocycles. The number of aryl methyl sites for hydroxylation is 1. The van der Waals surface area contributed by atoms with E-state index in [4.69, 9.17) is 0 Å². The van der Waals surface area contributed by atoms with Gasteiger partial charge in [0.1, 0.15) is 6.04 Å². The zero-order valence-corrected chi connectivity index (χ0v) is 11.9. The second-order valence-corrected chi connectivity index (χ2v) is 5.31. The number of hydrogen-bond acceptors (Lipinski definition) is 3. The van der Waals surface area contributed by atoms with Gasteiger partial charge >= 0.3 is 0 Å². The highest BCUT2D eigenvalue weighted by Gasteiger charge is 2.28. The van der Waals surface area contributed by atoms with Gasteiger partial charge in [0.15, 0.2) is 0 Å². The number of hydrogen-bond donors (Lipinski definition) is 2. The molecule has 1 aromatic carbocycles. The van der Waals surface area contributed by atoms with Crippen molar-refractivity contribution in [2.24, 2.45) is 0 Å². The first-order valence-corrected chi connectivity index (χ1v) is 6.67. The summed E-state index contributed by atoms with van der Waals surface area (Å²) < 4.78 is 0.678. The van der Waals surface area contributed by atoms with E-state index < -0.39 is 11.9 Å². The van der Waals surface area contributed by atoms with Crippen LogP contribution in [0.2, 0.25) is 0 Å². The highest BCUT2D eigenvalue weighted by molar-refractivity contribution is 9.10. The summed E-state index contributed by atoms with van der Waals surface area (Å²) in [6, 6.07) is 4.70. The summed E-state index contributed by atoms with van der Waals surface area (Å²) in [4.78, 5) is 34.6. The van der Waals surface area contributed by atoms with E-state index >= 15 is 0 Å². The van der Waals surface area contributed by atoms with E-state index in [9.17, 15) is 14.4 Å². The molecule has 2 N–H and O–H groups in total. The maximum Gasteiger partial charge on any atom is 0.253 e. The van der Waals surface area contributed by atoms with Crippen molar-refractivity contribution in [3.63, 3.8) is 0 Å². The number of halogens is 1. The van der Waals surface area contributed by atoms with Crippen LogP contribution in [0.3, 0.4) is 0 Å². The minimum atomic E-state index is -0.654. The number of carbonyl (C=O) groups excluding carboxylic acids is 3. The second kappa shape index (κ2) is 5.52. The number of amides is 3. The lowest BCUT2D eigenvalue weighted by Crippen LogP contribution is -2.52. The van der Waals surface area contributed by atoms with Crippen LogP contribution >= 0.6 is 15.9 Å². The van der Waals surface area contributed by atoms with Crippen molar-refractivity contribution in [3.8, 4) is 0 Å². The van der Waals surface area contributed by atoms with Gasteiger partial charge in [-0.1, -0.05) is 6.07 Å². The molecule has 1 aliphatic rings. The maximum absolute atomic E-state index is 12.1. The third-order valence-electron chi connectivity index (χ3n) is 2.91. The molecule has 100 valence electrons. The molecule has 0 radical (unpaired) electrons. The average molecular weight is 325 g/mol. The molecule has 0 saturated carbocycles. The Morgan fingerprint density at radius 1 is 1.42 bits per heavy atom. The van der Waals surface area contributed by atoms with Gasteiger partial charge in [0.2, 0.25) is 11.8 Å². The van der Waals surface area contributed by atoms with E-state index in [2.05, 4.69) is 26.6 Å². The highest BCUT2D eigenvalue weighted by Crippen LogP contribution is 2.18. The number of imide groups is 1. The minimum absolute atomic E-state index is 0.242. The summed E-state index contributed by atoms with van der Waals surface area (Å²) >= 11 is 3.32. The molecule has 1 unspecified atom stereocenters. The lowest BCUT2D eigenvalue weighted by atomic mass is 10.1. The third-order valence-corrected chi connectivity index (χ3v) is 3.57. The molecular weight excluding hydrogens is 312 g/mol. The van der Waals surface area contributed by atoms with E-state index in [-0.39, 0.29) is 18.2 Å². The van der Waals surface area contributed by atoms with Crippen LogP contribution in [0.1, 0.15) is 28.8 Å². The molecule has 1 atom stereocenters. The van der Waals surface area contributed by atoms with Crippen LogP contribution in [0.15, 0.2) is 22.7 Å². The van der Waals surface area contributed by atoms with Gasteiger partial charge in [0.05, 0.1) is 5.56 Å². The van der Waals surface area contributed by atoms with Gasteiger partial charge in [-0.05, 0) is 47.0 Å². The van der Waals surface area contributed by atoms with Crippen molar-refractivity contribution >= 4 is 33.7 Å². The molecule has 0 aliphatic carbocycles. The van der Waals surface area contributed by atoms with Crippen LogP contribution in [0.4, 0.5) is 0 Å². The smallest absolute Gasteiger partial charge is 0.253 e. The quantitative estimate of drug-likeness (QED) is 0.805. The van der Waals surface area contributed by atoms with Gasteiger partial charge in [-0.2, -0.15) is 0 Å². The summed E-state index contributed by atoms with van der Waals surface area (Å²) in [5, 5.41) is 4.84. The first-order valence-electron chi connectivity index (χ1n) is 5.88. The minimum Gasteiger partial charge on any atom is -0.340 e. The molecule has 1 saturated heterocycles. The molecule has 1 heterocycles. The van der Waals surface area contributed by atoms with Crippen LogP contribution in [-0.2, 0) is 9.59 Å². The molecule has 19 heavy (non-hydrogen) atoms. The number of carbonyl (C=O) groups is 3. The average Bonchev–Trinajstić information content (AvgIpc) is 2.32. The van der Waals surface area contributed by atoms with Crippen LogP contribution in [-0.4, -0.2) is 23.8 Å². The first kappa shape index (κ1) is 13.7. The van der Waals surface area contributed by atoms with Gasteiger partial charge in [-0.25, -0.2) is 0 Å². The lowest BCUT2D eigenvalue weighted by molar-refractivity contribution is -0.134. The van der Waals surface area contributed by atoms with Gasteiger partial charge in [0, 0.05) is 10.9 Å². The van der Waals surface area contributed by atoms with Crippen molar-refractivity contribution in [1.29, 1.82) is 0 Å². The summed E-state index contributed by atoms with van der Waals surface area (Å²) in [7, 11) is 0. The van der Waals surface area contributed by atoms with Crippen molar-refractivity contribution in [1.82, 2.24) is 10.6 Å². The fourth-order valence-electron chi connectivity index (χ4n) is 1.87. The molecule has 0 spiro atoms. The molecule has 6 heteroatoms. The molecule has 1 aromatic rings. The number of rotatable bonds is 2. The van der Waals surface area contributed by atoms with E-state index in [0.29, 0.717) is 16.5 Å². The first-order chi connectivity index (χ1) is 8.97. The Bertz CT molecular complexity index is 557. The Morgan fingerprint density at radius 3 is 2.79 bits per heavy atom. The standard InChI is InChI=1S/C13H13BrN2O3/c1-7-2-3-8(9(14)6-7)12(18)15-10-4-5-11(17)16-13(10)19/h2-3,6,10H,4-5H2,1H3,(H,15,18)(H,16,17,19). The highest BCUT2D eigenvalue weighted by atomic mass is 79.9. The zero-order chi connectivity index (χ0) is 14.0. The van der Waals surface area contributed by atoms with E-state index in [0.717, 1.165) is 5.56 Å². The van der Waals surface area contributed by atoms with Crippen LogP contribution in [0.25, 0.3) is 0 Å². The lowest BCUT2D eigenvalue weighted by Gasteiger charge is -2.22. The largest absolute Gasteiger partial charge is 0.340 e. The van der Waals surface area contributed by atoms with Crippen molar-refractivity contribution in [2.75, 3.05) is 0 Å². The van der Waals surface area contributed by atoms with Crippen LogP contribution < -0.4 is 10.6 Å². The summed E-state index contributed by atoms with van der Waals surface area (Å²) in [6.07, 6.45) is 0.575. The zero-order valence-electron chi connectivity index (χ0n) is 10.3. The fraction of sp³-hybridized carbons (Fsp3) is 0.308. The van der Waals surface area contributed by atoms with E-state index in [1.807, 2.05) is 19.1 Å². The summed E-state index contributed by atoms with van der Waals surface area (Å²) in [5.74, 6) is -1.08. The molecule has 2 rings (SSSR count).